The lowest BCUT2D eigenvalue weighted by Gasteiger charge is -2.15. The molecular weight excluding hydrogens is 302 g/mol. The summed E-state index contributed by atoms with van der Waals surface area (Å²) < 4.78 is 27.1. The second kappa shape index (κ2) is 6.42. The van der Waals surface area contributed by atoms with Crippen molar-refractivity contribution < 1.29 is 13.7 Å². The Morgan fingerprint density at radius 1 is 1.13 bits per heavy atom. The van der Waals surface area contributed by atoms with E-state index in [0.29, 0.717) is 13.1 Å². The summed E-state index contributed by atoms with van der Waals surface area (Å²) in [5.74, 6) is -1.97. The fraction of sp³-hybridized carbons (Fsp3) is 0.294. The zero-order chi connectivity index (χ0) is 16.4. The standard InChI is InChI=1S/C17H16F2N2O2/c18-13-6-7-14(16(19)8-13)15-10-20(11-17(15)21(22)23)9-12-4-2-1-3-5-12/h1-8,15,17H,9-11H2/t15-,17+/m1/s1. The minimum absolute atomic E-state index is 0.212. The minimum atomic E-state index is -0.890. The van der Waals surface area contributed by atoms with Crippen LogP contribution in [0.2, 0.25) is 0 Å². The number of nitro groups is 1. The number of hydrogen-bond donors (Lipinski definition) is 0. The van der Waals surface area contributed by atoms with Crippen LogP contribution in [0.3, 0.4) is 0 Å². The third-order valence-electron chi connectivity index (χ3n) is 4.25. The Hall–Kier alpha value is -2.34. The largest absolute Gasteiger partial charge is 0.292 e. The molecule has 1 heterocycles. The van der Waals surface area contributed by atoms with Crippen molar-refractivity contribution in [2.24, 2.45) is 0 Å². The molecule has 1 aliphatic rings. The summed E-state index contributed by atoms with van der Waals surface area (Å²) in [7, 11) is 0. The molecule has 6 heteroatoms. The molecule has 0 spiro atoms. The Labute approximate surface area is 132 Å². The third kappa shape index (κ3) is 3.37. The zero-order valence-electron chi connectivity index (χ0n) is 12.4. The highest BCUT2D eigenvalue weighted by molar-refractivity contribution is 5.26. The Balaban J connectivity index is 1.83. The highest BCUT2D eigenvalue weighted by Gasteiger charge is 2.42. The summed E-state index contributed by atoms with van der Waals surface area (Å²) in [6, 6.07) is 12.0. The van der Waals surface area contributed by atoms with E-state index in [1.165, 1.54) is 6.07 Å². The van der Waals surface area contributed by atoms with Gasteiger partial charge in [-0.2, -0.15) is 0 Å². The van der Waals surface area contributed by atoms with E-state index in [0.717, 1.165) is 17.7 Å². The number of halogens is 2. The van der Waals surface area contributed by atoms with Gasteiger partial charge in [0.1, 0.15) is 11.6 Å². The van der Waals surface area contributed by atoms with Crippen molar-refractivity contribution >= 4 is 0 Å². The normalized spacial score (nSPS) is 21.5. The van der Waals surface area contributed by atoms with Gasteiger partial charge >= 0.3 is 0 Å². The van der Waals surface area contributed by atoms with Crippen LogP contribution in [0.5, 0.6) is 0 Å². The van der Waals surface area contributed by atoms with Crippen molar-refractivity contribution in [2.45, 2.75) is 18.5 Å². The number of rotatable bonds is 4. The Morgan fingerprint density at radius 3 is 2.52 bits per heavy atom. The summed E-state index contributed by atoms with van der Waals surface area (Å²) in [5, 5.41) is 11.3. The van der Waals surface area contributed by atoms with E-state index in [-0.39, 0.29) is 17.0 Å². The molecule has 1 saturated heterocycles. The van der Waals surface area contributed by atoms with E-state index in [9.17, 15) is 18.9 Å². The monoisotopic (exact) mass is 318 g/mol. The van der Waals surface area contributed by atoms with Gasteiger partial charge in [-0.3, -0.25) is 15.0 Å². The van der Waals surface area contributed by atoms with E-state index in [1.54, 1.807) is 0 Å². The van der Waals surface area contributed by atoms with Gasteiger partial charge in [0.15, 0.2) is 0 Å². The SMILES string of the molecule is O=[N+]([O-])[C@H]1CN(Cc2ccccc2)C[C@@H]1c1ccc(F)cc1F. The molecule has 0 amide bonds. The quantitative estimate of drug-likeness (QED) is 0.642. The average molecular weight is 318 g/mol. The maximum atomic E-state index is 14.0. The topological polar surface area (TPSA) is 46.4 Å². The smallest absolute Gasteiger partial charge is 0.233 e. The maximum absolute atomic E-state index is 14.0. The molecule has 0 bridgehead atoms. The molecule has 120 valence electrons. The molecule has 0 saturated carbocycles. The third-order valence-corrected chi connectivity index (χ3v) is 4.25. The second-order valence-corrected chi connectivity index (χ2v) is 5.80. The number of nitrogens with zero attached hydrogens (tertiary/aromatic N) is 2. The van der Waals surface area contributed by atoms with Gasteiger partial charge in [-0.15, -0.1) is 0 Å². The van der Waals surface area contributed by atoms with Crippen LogP contribution in [0.25, 0.3) is 0 Å². The van der Waals surface area contributed by atoms with Crippen molar-refractivity contribution in [1.29, 1.82) is 0 Å². The minimum Gasteiger partial charge on any atom is -0.292 e. The number of likely N-dealkylation sites (tertiary alicyclic amines) is 1. The molecule has 3 rings (SSSR count). The van der Waals surface area contributed by atoms with Gasteiger partial charge in [-0.1, -0.05) is 36.4 Å². The maximum Gasteiger partial charge on any atom is 0.233 e. The fourth-order valence-corrected chi connectivity index (χ4v) is 3.16. The van der Waals surface area contributed by atoms with Gasteiger partial charge < -0.3 is 0 Å². The highest BCUT2D eigenvalue weighted by atomic mass is 19.1. The van der Waals surface area contributed by atoms with Crippen LogP contribution >= 0.6 is 0 Å². The van der Waals surface area contributed by atoms with Gasteiger partial charge in [0.2, 0.25) is 6.04 Å². The molecule has 0 N–H and O–H groups in total. The molecule has 0 radical (unpaired) electrons. The van der Waals surface area contributed by atoms with E-state index >= 15 is 0 Å². The van der Waals surface area contributed by atoms with Crippen LogP contribution in [-0.4, -0.2) is 29.0 Å². The summed E-state index contributed by atoms with van der Waals surface area (Å²) in [5.41, 5.74) is 1.26. The molecule has 2 aromatic rings. The molecule has 2 atom stereocenters. The molecule has 4 nitrogen and oxygen atoms in total. The molecule has 0 aliphatic carbocycles. The fourth-order valence-electron chi connectivity index (χ4n) is 3.16. The van der Waals surface area contributed by atoms with Crippen molar-refractivity contribution in [3.63, 3.8) is 0 Å². The summed E-state index contributed by atoms with van der Waals surface area (Å²) >= 11 is 0. The first-order valence-electron chi connectivity index (χ1n) is 7.39. The first-order chi connectivity index (χ1) is 11.0. The van der Waals surface area contributed by atoms with Crippen LogP contribution in [0.1, 0.15) is 17.0 Å². The lowest BCUT2D eigenvalue weighted by Crippen LogP contribution is -2.28. The predicted molar refractivity (Wildman–Crippen MR) is 81.6 cm³/mol. The van der Waals surface area contributed by atoms with Gasteiger partial charge in [-0.25, -0.2) is 8.78 Å². The van der Waals surface area contributed by atoms with Crippen LogP contribution in [0.4, 0.5) is 8.78 Å². The van der Waals surface area contributed by atoms with Gasteiger partial charge in [-0.05, 0) is 17.2 Å². The molecule has 2 aromatic carbocycles. The summed E-state index contributed by atoms with van der Waals surface area (Å²) in [6.45, 7) is 1.21. The second-order valence-electron chi connectivity index (χ2n) is 5.80. The van der Waals surface area contributed by atoms with Crippen molar-refractivity contribution in [3.8, 4) is 0 Å². The van der Waals surface area contributed by atoms with Crippen molar-refractivity contribution in [1.82, 2.24) is 4.90 Å². The van der Waals surface area contributed by atoms with Crippen LogP contribution < -0.4 is 0 Å². The molecule has 23 heavy (non-hydrogen) atoms. The molecule has 1 aliphatic heterocycles. The lowest BCUT2D eigenvalue weighted by atomic mass is 9.94. The van der Waals surface area contributed by atoms with Gasteiger partial charge in [0.25, 0.3) is 0 Å². The van der Waals surface area contributed by atoms with Crippen molar-refractivity contribution in [2.75, 3.05) is 13.1 Å². The van der Waals surface area contributed by atoms with Gasteiger partial charge in [0.05, 0.1) is 12.5 Å². The van der Waals surface area contributed by atoms with Crippen LogP contribution in [-0.2, 0) is 6.54 Å². The molecular formula is C17H16F2N2O2. The summed E-state index contributed by atoms with van der Waals surface area (Å²) in [6.07, 6.45) is 0. The first-order valence-corrected chi connectivity index (χ1v) is 7.39. The Morgan fingerprint density at radius 2 is 1.87 bits per heavy atom. The van der Waals surface area contributed by atoms with Crippen molar-refractivity contribution in [3.05, 3.63) is 81.4 Å². The predicted octanol–water partition coefficient (Wildman–Crippen LogP) is 3.21. The van der Waals surface area contributed by atoms with E-state index in [1.807, 2.05) is 35.2 Å². The summed E-state index contributed by atoms with van der Waals surface area (Å²) in [4.78, 5) is 12.9. The van der Waals surface area contributed by atoms with Gasteiger partial charge in [0, 0.05) is 24.1 Å². The average Bonchev–Trinajstić information content (AvgIpc) is 2.92. The lowest BCUT2D eigenvalue weighted by molar-refractivity contribution is -0.521. The zero-order valence-corrected chi connectivity index (χ0v) is 12.4. The molecule has 0 unspecified atom stereocenters. The number of benzene rings is 2. The van der Waals surface area contributed by atoms with E-state index in [2.05, 4.69) is 0 Å². The highest BCUT2D eigenvalue weighted by Crippen LogP contribution is 2.32. The van der Waals surface area contributed by atoms with E-state index in [4.69, 9.17) is 0 Å². The number of hydrogen-bond acceptors (Lipinski definition) is 3. The molecule has 0 aromatic heterocycles. The van der Waals surface area contributed by atoms with Crippen LogP contribution in [0, 0.1) is 21.7 Å². The van der Waals surface area contributed by atoms with E-state index < -0.39 is 23.6 Å². The Bertz CT molecular complexity index is 709. The van der Waals surface area contributed by atoms with Crippen LogP contribution in [0.15, 0.2) is 48.5 Å². The first kappa shape index (κ1) is 15.6. The molecule has 1 fully saturated rings. The Kier molecular flexibility index (Phi) is 4.34.